The lowest BCUT2D eigenvalue weighted by Gasteiger charge is -2.11. The molecule has 1 aromatic carbocycles. The van der Waals surface area contributed by atoms with Gasteiger partial charge in [-0.25, -0.2) is 0 Å². The van der Waals surface area contributed by atoms with E-state index in [-0.39, 0.29) is 10.0 Å². The van der Waals surface area contributed by atoms with Gasteiger partial charge in [0.1, 0.15) is 5.82 Å². The van der Waals surface area contributed by atoms with Gasteiger partial charge in [0, 0.05) is 17.6 Å². The van der Waals surface area contributed by atoms with Gasteiger partial charge < -0.3 is 5.32 Å². The molecule has 0 unspecified atom stereocenters. The van der Waals surface area contributed by atoms with Gasteiger partial charge in [-0.1, -0.05) is 0 Å². The second kappa shape index (κ2) is 5.51. The average molecular weight is 362 g/mol. The van der Waals surface area contributed by atoms with E-state index < -0.39 is 17.6 Å². The molecule has 0 fully saturated rings. The zero-order chi connectivity index (χ0) is 15.8. The van der Waals surface area contributed by atoms with Gasteiger partial charge in [-0.05, 0) is 41.1 Å². The van der Waals surface area contributed by atoms with Crippen LogP contribution in [0.3, 0.4) is 0 Å². The lowest BCUT2D eigenvalue weighted by atomic mass is 10.1. The van der Waals surface area contributed by atoms with Crippen molar-refractivity contribution in [3.05, 3.63) is 45.6 Å². The quantitative estimate of drug-likeness (QED) is 0.884. The van der Waals surface area contributed by atoms with E-state index in [2.05, 4.69) is 26.3 Å². The van der Waals surface area contributed by atoms with E-state index in [1.807, 2.05) is 0 Å². The highest BCUT2D eigenvalue weighted by Crippen LogP contribution is 2.32. The Hall–Kier alpha value is -1.83. The highest BCUT2D eigenvalue weighted by molar-refractivity contribution is 9.10. The first kappa shape index (κ1) is 15.6. The predicted molar refractivity (Wildman–Crippen MR) is 75.0 cm³/mol. The third-order valence-electron chi connectivity index (χ3n) is 2.78. The molecule has 2 rings (SSSR count). The first-order chi connectivity index (χ1) is 9.68. The maximum absolute atomic E-state index is 12.7. The van der Waals surface area contributed by atoms with Crippen LogP contribution in [0.2, 0.25) is 0 Å². The fourth-order valence-electron chi connectivity index (χ4n) is 1.79. The molecule has 8 heteroatoms. The van der Waals surface area contributed by atoms with Crippen molar-refractivity contribution in [2.24, 2.45) is 7.05 Å². The van der Waals surface area contributed by atoms with Crippen molar-refractivity contribution in [1.29, 1.82) is 0 Å². The van der Waals surface area contributed by atoms with Gasteiger partial charge in [-0.3, -0.25) is 9.48 Å². The maximum Gasteiger partial charge on any atom is 0.416 e. The fourth-order valence-corrected chi connectivity index (χ4v) is 2.21. The van der Waals surface area contributed by atoms with E-state index in [9.17, 15) is 18.0 Å². The molecule has 0 radical (unpaired) electrons. The van der Waals surface area contributed by atoms with Crippen molar-refractivity contribution in [3.8, 4) is 0 Å². The molecule has 0 bridgehead atoms. The second-order valence-electron chi connectivity index (χ2n) is 4.44. The number of anilines is 1. The van der Waals surface area contributed by atoms with Gasteiger partial charge in [-0.15, -0.1) is 0 Å². The molecule has 21 heavy (non-hydrogen) atoms. The van der Waals surface area contributed by atoms with E-state index in [0.717, 1.165) is 12.1 Å². The second-order valence-corrected chi connectivity index (χ2v) is 5.30. The minimum absolute atomic E-state index is 0.0938. The van der Waals surface area contributed by atoms with Crippen LogP contribution in [0, 0.1) is 6.92 Å². The van der Waals surface area contributed by atoms with Crippen LogP contribution >= 0.6 is 15.9 Å². The molecule has 0 aliphatic heterocycles. The smallest absolute Gasteiger partial charge is 0.307 e. The first-order valence-electron chi connectivity index (χ1n) is 5.87. The highest BCUT2D eigenvalue weighted by atomic mass is 79.9. The van der Waals surface area contributed by atoms with Crippen molar-refractivity contribution in [1.82, 2.24) is 9.78 Å². The summed E-state index contributed by atoms with van der Waals surface area (Å²) in [4.78, 5) is 12.1. The largest absolute Gasteiger partial charge is 0.416 e. The van der Waals surface area contributed by atoms with Gasteiger partial charge in [0.2, 0.25) is 0 Å². The van der Waals surface area contributed by atoms with Crippen molar-refractivity contribution in [2.45, 2.75) is 13.1 Å². The highest BCUT2D eigenvalue weighted by Gasteiger charge is 2.31. The molecular formula is C13H11BrF3N3O. The maximum atomic E-state index is 12.7. The number of carbonyl (C=O) groups excluding carboxylic acids is 1. The van der Waals surface area contributed by atoms with Crippen LogP contribution in [0.5, 0.6) is 0 Å². The number of nitrogens with one attached hydrogen (secondary N) is 1. The number of hydrogen-bond donors (Lipinski definition) is 1. The van der Waals surface area contributed by atoms with Gasteiger partial charge in [0.05, 0.1) is 16.8 Å². The molecule has 4 nitrogen and oxygen atoms in total. The van der Waals surface area contributed by atoms with Crippen LogP contribution in [-0.4, -0.2) is 15.7 Å². The normalized spacial score (nSPS) is 11.5. The molecule has 1 heterocycles. The summed E-state index contributed by atoms with van der Waals surface area (Å²) in [6.45, 7) is 1.75. The van der Waals surface area contributed by atoms with Crippen LogP contribution in [0.1, 0.15) is 21.6 Å². The van der Waals surface area contributed by atoms with E-state index in [0.29, 0.717) is 11.5 Å². The monoisotopic (exact) mass is 361 g/mol. The van der Waals surface area contributed by atoms with Crippen molar-refractivity contribution < 1.29 is 18.0 Å². The number of aromatic nitrogens is 2. The topological polar surface area (TPSA) is 46.9 Å². The van der Waals surface area contributed by atoms with Gasteiger partial charge in [0.15, 0.2) is 0 Å². The minimum atomic E-state index is -4.50. The Labute approximate surface area is 127 Å². The van der Waals surface area contributed by atoms with E-state index >= 15 is 0 Å². The molecule has 0 atom stereocenters. The Kier molecular flexibility index (Phi) is 4.08. The first-order valence-corrected chi connectivity index (χ1v) is 6.66. The summed E-state index contributed by atoms with van der Waals surface area (Å²) in [6, 6.07) is 4.55. The Morgan fingerprint density at radius 2 is 2.00 bits per heavy atom. The summed E-state index contributed by atoms with van der Waals surface area (Å²) in [5, 5.41) is 6.58. The zero-order valence-corrected chi connectivity index (χ0v) is 12.7. The molecule has 0 saturated carbocycles. The number of carbonyl (C=O) groups is 1. The van der Waals surface area contributed by atoms with Crippen LogP contribution in [0.25, 0.3) is 0 Å². The van der Waals surface area contributed by atoms with Crippen LogP contribution in [0.4, 0.5) is 19.0 Å². The number of alkyl halides is 3. The summed E-state index contributed by atoms with van der Waals surface area (Å²) < 4.78 is 39.8. The standard InChI is InChI=1S/C13H11BrF3N3O/c1-7-5-11(20(2)19-7)18-12(21)9-6-8(13(15,16)17)3-4-10(9)14/h3-6H,1-2H3,(H,18,21). The number of amides is 1. The van der Waals surface area contributed by atoms with Crippen molar-refractivity contribution >= 4 is 27.7 Å². The molecule has 1 N–H and O–H groups in total. The number of benzene rings is 1. The number of rotatable bonds is 2. The number of hydrogen-bond acceptors (Lipinski definition) is 2. The molecule has 0 aliphatic carbocycles. The van der Waals surface area contributed by atoms with E-state index in [1.54, 1.807) is 20.0 Å². The Morgan fingerprint density at radius 3 is 2.52 bits per heavy atom. The Balaban J connectivity index is 2.33. The SMILES string of the molecule is Cc1cc(NC(=O)c2cc(C(F)(F)F)ccc2Br)n(C)n1. The Bertz CT molecular complexity index is 694. The van der Waals surface area contributed by atoms with E-state index in [4.69, 9.17) is 0 Å². The summed E-state index contributed by atoms with van der Waals surface area (Å²) in [5.74, 6) is -0.238. The van der Waals surface area contributed by atoms with Crippen LogP contribution < -0.4 is 5.32 Å². The molecule has 0 saturated heterocycles. The molecule has 0 aliphatic rings. The Morgan fingerprint density at radius 1 is 1.33 bits per heavy atom. The third kappa shape index (κ3) is 3.44. The lowest BCUT2D eigenvalue weighted by molar-refractivity contribution is -0.137. The lowest BCUT2D eigenvalue weighted by Crippen LogP contribution is -2.16. The number of halogens is 4. The van der Waals surface area contributed by atoms with Crippen LogP contribution in [0.15, 0.2) is 28.7 Å². The van der Waals surface area contributed by atoms with Crippen LogP contribution in [-0.2, 0) is 13.2 Å². The molecule has 1 aromatic heterocycles. The average Bonchev–Trinajstić information content (AvgIpc) is 2.66. The fraction of sp³-hybridized carbons (Fsp3) is 0.231. The zero-order valence-electron chi connectivity index (χ0n) is 11.1. The van der Waals surface area contributed by atoms with Crippen molar-refractivity contribution in [2.75, 3.05) is 5.32 Å². The van der Waals surface area contributed by atoms with Gasteiger partial charge in [-0.2, -0.15) is 18.3 Å². The van der Waals surface area contributed by atoms with Crippen molar-refractivity contribution in [3.63, 3.8) is 0 Å². The minimum Gasteiger partial charge on any atom is -0.307 e. The summed E-state index contributed by atoms with van der Waals surface area (Å²) in [7, 11) is 1.63. The third-order valence-corrected chi connectivity index (χ3v) is 3.47. The number of nitrogens with zero attached hydrogens (tertiary/aromatic N) is 2. The van der Waals surface area contributed by atoms with Gasteiger partial charge in [0.25, 0.3) is 5.91 Å². The molecular weight excluding hydrogens is 351 g/mol. The summed E-state index contributed by atoms with van der Waals surface area (Å²) in [6.07, 6.45) is -4.50. The molecule has 2 aromatic rings. The molecule has 0 spiro atoms. The van der Waals surface area contributed by atoms with E-state index in [1.165, 1.54) is 10.7 Å². The molecule has 1 amide bonds. The summed E-state index contributed by atoms with van der Waals surface area (Å²) >= 11 is 3.08. The molecule has 112 valence electrons. The summed E-state index contributed by atoms with van der Waals surface area (Å²) in [5.41, 5.74) is -0.281. The predicted octanol–water partition coefficient (Wildman–Crippen LogP) is 3.76. The van der Waals surface area contributed by atoms with Gasteiger partial charge >= 0.3 is 6.18 Å². The number of aryl methyl sites for hydroxylation is 2.